The fourth-order valence-electron chi connectivity index (χ4n) is 3.11. The van der Waals surface area contributed by atoms with Gasteiger partial charge in [0.25, 0.3) is 0 Å². The molecule has 0 aliphatic rings. The topological polar surface area (TPSA) is 95.0 Å². The van der Waals surface area contributed by atoms with Crippen LogP contribution in [0.1, 0.15) is 5.56 Å². The standard InChI is InChI=1S/C20H17N5O2/c26-20(27)17(11-14-7-3-1-4-8-14)25(15-9-5-2-6-10-15)19-16-12-23-24-18(16)21-13-22-19/h1-10,12-13,17H,11H2,(H,26,27)(H,21,22,23,24). The molecule has 27 heavy (non-hydrogen) atoms. The molecular formula is C20H17N5O2. The van der Waals surface area contributed by atoms with E-state index in [4.69, 9.17) is 0 Å². The third-order valence-electron chi connectivity index (χ3n) is 4.36. The molecule has 0 spiro atoms. The van der Waals surface area contributed by atoms with Gasteiger partial charge >= 0.3 is 5.97 Å². The first kappa shape index (κ1) is 16.7. The fraction of sp³-hybridized carbons (Fsp3) is 0.100. The van der Waals surface area contributed by atoms with Crippen molar-refractivity contribution >= 4 is 28.5 Å². The van der Waals surface area contributed by atoms with Gasteiger partial charge in [0.2, 0.25) is 0 Å². The van der Waals surface area contributed by atoms with Crippen molar-refractivity contribution < 1.29 is 9.90 Å². The van der Waals surface area contributed by atoms with Gasteiger partial charge in [-0.25, -0.2) is 14.8 Å². The van der Waals surface area contributed by atoms with Gasteiger partial charge in [-0.1, -0.05) is 48.5 Å². The van der Waals surface area contributed by atoms with Gasteiger partial charge in [-0.15, -0.1) is 0 Å². The number of aromatic amines is 1. The Labute approximate surface area is 155 Å². The maximum atomic E-state index is 12.3. The number of hydrogen-bond donors (Lipinski definition) is 2. The van der Waals surface area contributed by atoms with Crippen LogP contribution in [0, 0.1) is 0 Å². The zero-order valence-corrected chi connectivity index (χ0v) is 14.4. The van der Waals surface area contributed by atoms with Crippen LogP contribution in [0.2, 0.25) is 0 Å². The lowest BCUT2D eigenvalue weighted by molar-refractivity contribution is -0.138. The van der Waals surface area contributed by atoms with E-state index in [9.17, 15) is 9.90 Å². The average molecular weight is 359 g/mol. The van der Waals surface area contributed by atoms with E-state index in [1.807, 2.05) is 60.7 Å². The van der Waals surface area contributed by atoms with Crippen molar-refractivity contribution in [3.8, 4) is 0 Å². The Hall–Kier alpha value is -3.74. The summed E-state index contributed by atoms with van der Waals surface area (Å²) in [5.74, 6) is -0.429. The second kappa shape index (κ2) is 7.25. The van der Waals surface area contributed by atoms with Gasteiger partial charge < -0.3 is 10.0 Å². The molecule has 4 aromatic rings. The number of hydrogen-bond acceptors (Lipinski definition) is 5. The lowest BCUT2D eigenvalue weighted by Gasteiger charge is -2.30. The summed E-state index contributed by atoms with van der Waals surface area (Å²) in [7, 11) is 0. The van der Waals surface area contributed by atoms with Crippen molar-refractivity contribution in [2.24, 2.45) is 0 Å². The van der Waals surface area contributed by atoms with Gasteiger partial charge in [0.1, 0.15) is 18.2 Å². The molecule has 0 aliphatic heterocycles. The first-order chi connectivity index (χ1) is 13.2. The maximum Gasteiger partial charge on any atom is 0.327 e. The van der Waals surface area contributed by atoms with E-state index >= 15 is 0 Å². The van der Waals surface area contributed by atoms with Crippen molar-refractivity contribution in [3.63, 3.8) is 0 Å². The Morgan fingerprint density at radius 2 is 1.74 bits per heavy atom. The van der Waals surface area contributed by atoms with Crippen LogP contribution in [-0.2, 0) is 11.2 Å². The summed E-state index contributed by atoms with van der Waals surface area (Å²) in [6.07, 6.45) is 3.35. The molecule has 0 radical (unpaired) electrons. The minimum Gasteiger partial charge on any atom is -0.480 e. The van der Waals surface area contributed by atoms with Crippen LogP contribution in [-0.4, -0.2) is 37.3 Å². The Morgan fingerprint density at radius 1 is 1.04 bits per heavy atom. The predicted molar refractivity (Wildman–Crippen MR) is 102 cm³/mol. The minimum absolute atomic E-state index is 0.328. The Bertz CT molecular complexity index is 1050. The molecule has 0 saturated carbocycles. The van der Waals surface area contributed by atoms with Crippen molar-refractivity contribution in [1.82, 2.24) is 20.2 Å². The molecule has 2 aromatic heterocycles. The van der Waals surface area contributed by atoms with Crippen molar-refractivity contribution in [2.45, 2.75) is 12.5 Å². The average Bonchev–Trinajstić information content (AvgIpc) is 3.18. The lowest BCUT2D eigenvalue weighted by Crippen LogP contribution is -2.40. The minimum atomic E-state index is -0.932. The first-order valence-corrected chi connectivity index (χ1v) is 8.49. The number of H-pyrrole nitrogens is 1. The number of carbonyl (C=O) groups is 1. The molecule has 1 atom stereocenters. The Morgan fingerprint density at radius 3 is 2.44 bits per heavy atom. The predicted octanol–water partition coefficient (Wildman–Crippen LogP) is 3.19. The van der Waals surface area contributed by atoms with Crippen LogP contribution in [0.4, 0.5) is 11.5 Å². The normalized spacial score (nSPS) is 12.0. The Balaban J connectivity index is 1.86. The summed E-state index contributed by atoms with van der Waals surface area (Å²) in [5, 5.41) is 17.5. The summed E-state index contributed by atoms with van der Waals surface area (Å²) >= 11 is 0. The summed E-state index contributed by atoms with van der Waals surface area (Å²) < 4.78 is 0. The zero-order valence-electron chi connectivity index (χ0n) is 14.4. The van der Waals surface area contributed by atoms with Crippen molar-refractivity contribution in [1.29, 1.82) is 0 Å². The van der Waals surface area contributed by atoms with E-state index in [1.165, 1.54) is 6.33 Å². The molecule has 2 heterocycles. The second-order valence-corrected chi connectivity index (χ2v) is 6.08. The van der Waals surface area contributed by atoms with E-state index in [0.29, 0.717) is 23.3 Å². The van der Waals surface area contributed by atoms with Gasteiger partial charge in [-0.3, -0.25) is 5.10 Å². The number of aliphatic carboxylic acids is 1. The number of aromatic nitrogens is 4. The number of carboxylic acid groups (broad SMARTS) is 1. The van der Waals surface area contributed by atoms with Crippen molar-refractivity contribution in [2.75, 3.05) is 4.90 Å². The Kier molecular flexibility index (Phi) is 4.49. The van der Waals surface area contributed by atoms with E-state index in [2.05, 4.69) is 20.2 Å². The van der Waals surface area contributed by atoms with Crippen LogP contribution >= 0.6 is 0 Å². The molecule has 0 aliphatic carbocycles. The molecule has 2 N–H and O–H groups in total. The number of rotatable bonds is 6. The van der Waals surface area contributed by atoms with Crippen LogP contribution in [0.5, 0.6) is 0 Å². The second-order valence-electron chi connectivity index (χ2n) is 6.08. The molecule has 134 valence electrons. The van der Waals surface area contributed by atoms with E-state index in [1.54, 1.807) is 11.1 Å². The highest BCUT2D eigenvalue weighted by atomic mass is 16.4. The quantitative estimate of drug-likeness (QED) is 0.549. The third-order valence-corrected chi connectivity index (χ3v) is 4.36. The number of anilines is 2. The molecule has 7 nitrogen and oxygen atoms in total. The molecular weight excluding hydrogens is 342 g/mol. The zero-order chi connectivity index (χ0) is 18.6. The molecule has 4 rings (SSSR count). The molecule has 0 saturated heterocycles. The number of nitrogens with one attached hydrogen (secondary N) is 1. The summed E-state index contributed by atoms with van der Waals surface area (Å²) in [6.45, 7) is 0. The van der Waals surface area contributed by atoms with Gasteiger partial charge in [0.15, 0.2) is 5.65 Å². The summed E-state index contributed by atoms with van der Waals surface area (Å²) in [4.78, 5) is 22.5. The monoisotopic (exact) mass is 359 g/mol. The van der Waals surface area contributed by atoms with Crippen LogP contribution in [0.3, 0.4) is 0 Å². The largest absolute Gasteiger partial charge is 0.480 e. The highest BCUT2D eigenvalue weighted by Crippen LogP contribution is 2.32. The molecule has 2 aromatic carbocycles. The highest BCUT2D eigenvalue weighted by Gasteiger charge is 2.30. The lowest BCUT2D eigenvalue weighted by atomic mass is 10.0. The molecule has 0 bridgehead atoms. The van der Waals surface area contributed by atoms with Gasteiger partial charge in [0, 0.05) is 12.1 Å². The first-order valence-electron chi connectivity index (χ1n) is 8.49. The maximum absolute atomic E-state index is 12.3. The number of benzene rings is 2. The molecule has 7 heteroatoms. The number of carboxylic acids is 1. The smallest absolute Gasteiger partial charge is 0.327 e. The van der Waals surface area contributed by atoms with Crippen LogP contribution in [0.15, 0.2) is 73.2 Å². The van der Waals surface area contributed by atoms with Gasteiger partial charge in [-0.05, 0) is 17.7 Å². The van der Waals surface area contributed by atoms with Crippen LogP contribution < -0.4 is 4.90 Å². The van der Waals surface area contributed by atoms with Crippen molar-refractivity contribution in [3.05, 3.63) is 78.8 Å². The number of nitrogens with zero attached hydrogens (tertiary/aromatic N) is 4. The molecule has 0 amide bonds. The fourth-order valence-corrected chi connectivity index (χ4v) is 3.11. The van der Waals surface area contributed by atoms with Gasteiger partial charge in [0.05, 0.1) is 11.6 Å². The summed E-state index contributed by atoms with van der Waals surface area (Å²) in [6, 6.07) is 18.1. The third kappa shape index (κ3) is 3.35. The number of para-hydroxylation sites is 1. The highest BCUT2D eigenvalue weighted by molar-refractivity contribution is 5.92. The number of fused-ring (bicyclic) bond motifs is 1. The SMILES string of the molecule is O=C(O)C(Cc1ccccc1)N(c1ccccc1)c1ncnc2[nH]ncc12. The van der Waals surface area contributed by atoms with Crippen LogP contribution in [0.25, 0.3) is 11.0 Å². The van der Waals surface area contributed by atoms with E-state index in [0.717, 1.165) is 11.3 Å². The van der Waals surface area contributed by atoms with E-state index < -0.39 is 12.0 Å². The molecule has 1 unspecified atom stereocenters. The summed E-state index contributed by atoms with van der Waals surface area (Å²) in [5.41, 5.74) is 2.23. The van der Waals surface area contributed by atoms with E-state index in [-0.39, 0.29) is 0 Å². The van der Waals surface area contributed by atoms with Gasteiger partial charge in [-0.2, -0.15) is 5.10 Å². The molecule has 0 fully saturated rings.